The van der Waals surface area contributed by atoms with Gasteiger partial charge in [0.05, 0.1) is 27.5 Å². The van der Waals surface area contributed by atoms with Gasteiger partial charge in [-0.1, -0.05) is 30.3 Å². The summed E-state index contributed by atoms with van der Waals surface area (Å²) < 4.78 is 12.6. The number of aliphatic hydroxyl groups is 1. The normalized spacial score (nSPS) is 17.3. The molecule has 5 N–H and O–H groups in total. The summed E-state index contributed by atoms with van der Waals surface area (Å²) >= 11 is 2.83. The number of thiophene rings is 2. The molecule has 0 aliphatic heterocycles. The predicted octanol–water partition coefficient (Wildman–Crippen LogP) is 5.89. The molecular weight excluding hydrogens is 675 g/mol. The molecule has 0 saturated heterocycles. The quantitative estimate of drug-likeness (QED) is 0.0790. The number of carboxylic acids is 1. The molecule has 3 aromatic heterocycles. The minimum atomic E-state index is -1.47. The summed E-state index contributed by atoms with van der Waals surface area (Å²) in [6.07, 6.45) is 3.29. The van der Waals surface area contributed by atoms with Crippen LogP contribution in [0.25, 0.3) is 10.9 Å². The number of aromatic hydroxyl groups is 1. The van der Waals surface area contributed by atoms with Crippen molar-refractivity contribution in [1.82, 2.24) is 15.2 Å². The molecule has 5 aromatic rings. The summed E-state index contributed by atoms with van der Waals surface area (Å²) in [5, 5.41) is 39.0. The summed E-state index contributed by atoms with van der Waals surface area (Å²) in [7, 11) is 2.12. The maximum atomic E-state index is 12.7. The molecule has 6 rings (SSSR count). The van der Waals surface area contributed by atoms with Gasteiger partial charge in [0, 0.05) is 30.6 Å². The number of H-pyrrole nitrogens is 1. The molecule has 1 aliphatic carbocycles. The first-order valence-corrected chi connectivity index (χ1v) is 18.7. The van der Waals surface area contributed by atoms with Gasteiger partial charge in [-0.2, -0.15) is 0 Å². The Morgan fingerprint density at radius 1 is 1.00 bits per heavy atom. The van der Waals surface area contributed by atoms with Gasteiger partial charge in [-0.25, -0.2) is 4.79 Å². The molecule has 1 atom stereocenters. The van der Waals surface area contributed by atoms with Crippen LogP contribution in [0.1, 0.15) is 52.7 Å². The van der Waals surface area contributed by atoms with Crippen LogP contribution in [-0.2, 0) is 21.6 Å². The van der Waals surface area contributed by atoms with Crippen LogP contribution in [0, 0.1) is 0 Å². The van der Waals surface area contributed by atoms with E-state index < -0.39 is 17.7 Å². The molecule has 0 radical (unpaired) electrons. The van der Waals surface area contributed by atoms with E-state index in [9.17, 15) is 24.9 Å². The first-order valence-electron chi connectivity index (χ1n) is 16.9. The Bertz CT molecular complexity index is 1850. The van der Waals surface area contributed by atoms with Gasteiger partial charge in [0.25, 0.3) is 0 Å². The van der Waals surface area contributed by atoms with E-state index in [0.717, 1.165) is 50.0 Å². The highest BCUT2D eigenvalue weighted by molar-refractivity contribution is 7.12. The molecule has 1 fully saturated rings. The number of hydrogen-bond donors (Lipinski definition) is 5. The summed E-state index contributed by atoms with van der Waals surface area (Å²) in [6, 6.07) is 22.0. The number of aliphatic hydroxyl groups excluding tert-OH is 1. The van der Waals surface area contributed by atoms with E-state index in [2.05, 4.69) is 22.2 Å². The van der Waals surface area contributed by atoms with E-state index in [1.165, 1.54) is 34.8 Å². The molecule has 0 unspecified atom stereocenters. The molecule has 1 saturated carbocycles. The van der Waals surface area contributed by atoms with Crippen molar-refractivity contribution in [1.29, 1.82) is 0 Å². The van der Waals surface area contributed by atoms with Crippen molar-refractivity contribution in [2.75, 3.05) is 33.3 Å². The minimum Gasteiger partial charge on any atom is -0.506 e. The molecule has 3 heterocycles. The second-order valence-electron chi connectivity index (χ2n) is 12.7. The third-order valence-electron chi connectivity index (χ3n) is 9.48. The van der Waals surface area contributed by atoms with Crippen LogP contribution in [0.3, 0.4) is 0 Å². The Kier molecular flexibility index (Phi) is 11.7. The Morgan fingerprint density at radius 2 is 1.70 bits per heavy atom. The van der Waals surface area contributed by atoms with Crippen LogP contribution in [0.5, 0.6) is 11.5 Å². The van der Waals surface area contributed by atoms with Crippen molar-refractivity contribution in [3.63, 3.8) is 0 Å². The lowest BCUT2D eigenvalue weighted by Gasteiger charge is -2.38. The van der Waals surface area contributed by atoms with Crippen molar-refractivity contribution in [2.45, 2.75) is 56.0 Å². The first-order chi connectivity index (χ1) is 24.2. The number of phenolic OH excluding ortho intramolecular Hbond substituents is 1. The number of phenols is 1. The SMILES string of the molecule is CN(CCOc1ccc(CCNC[C@H](O)c2ccc(O)c3[nH]c(=O)ccc23)cc1)C1CCC(OC(C(=O)O)(c2cccs2)c2cccs2)CC1. The third kappa shape index (κ3) is 8.12. The zero-order valence-corrected chi connectivity index (χ0v) is 29.6. The number of aromatic amines is 1. The van der Waals surface area contributed by atoms with Crippen LogP contribution in [-0.4, -0.2) is 76.6 Å². The van der Waals surface area contributed by atoms with E-state index in [1.54, 1.807) is 12.1 Å². The molecule has 0 bridgehead atoms. The molecule has 50 heavy (non-hydrogen) atoms. The number of aromatic nitrogens is 1. The topological polar surface area (TPSA) is 144 Å². The lowest BCUT2D eigenvalue weighted by Crippen LogP contribution is -2.45. The van der Waals surface area contributed by atoms with Gasteiger partial charge in [-0.3, -0.25) is 4.79 Å². The molecule has 10 nitrogen and oxygen atoms in total. The molecule has 1 aliphatic rings. The van der Waals surface area contributed by atoms with E-state index in [1.807, 2.05) is 59.3 Å². The number of carbonyl (C=O) groups is 1. The fraction of sp³-hybridized carbons (Fsp3) is 0.368. The smallest absolute Gasteiger partial charge is 0.347 e. The summed E-state index contributed by atoms with van der Waals surface area (Å²) in [5.74, 6) is -0.190. The zero-order chi connectivity index (χ0) is 35.1. The van der Waals surface area contributed by atoms with Crippen LogP contribution >= 0.6 is 22.7 Å². The first kappa shape index (κ1) is 35.8. The molecular formula is C38H43N3O7S2. The van der Waals surface area contributed by atoms with E-state index >= 15 is 0 Å². The fourth-order valence-electron chi connectivity index (χ4n) is 6.68. The number of nitrogens with zero attached hydrogens (tertiary/aromatic N) is 1. The van der Waals surface area contributed by atoms with Gasteiger partial charge in [0.2, 0.25) is 11.2 Å². The molecule has 0 amide bonds. The lowest BCUT2D eigenvalue weighted by atomic mass is 9.90. The Morgan fingerprint density at radius 3 is 2.34 bits per heavy atom. The number of benzene rings is 2. The number of rotatable bonds is 16. The predicted molar refractivity (Wildman–Crippen MR) is 197 cm³/mol. The van der Waals surface area contributed by atoms with Crippen molar-refractivity contribution in [3.8, 4) is 11.5 Å². The Balaban J connectivity index is 0.912. The highest BCUT2D eigenvalue weighted by Crippen LogP contribution is 2.42. The molecule has 2 aromatic carbocycles. The summed E-state index contributed by atoms with van der Waals surface area (Å²) in [5.41, 5.74) is 0.323. The largest absolute Gasteiger partial charge is 0.506 e. The average molecular weight is 718 g/mol. The number of ether oxygens (including phenoxy) is 2. The van der Waals surface area contributed by atoms with Crippen LogP contribution in [0.4, 0.5) is 0 Å². The molecule has 264 valence electrons. The second kappa shape index (κ2) is 16.3. The fourth-order valence-corrected chi connectivity index (χ4v) is 8.49. The average Bonchev–Trinajstić information content (AvgIpc) is 3.87. The van der Waals surface area contributed by atoms with Gasteiger partial charge in [0.1, 0.15) is 18.1 Å². The van der Waals surface area contributed by atoms with E-state index in [0.29, 0.717) is 52.0 Å². The van der Waals surface area contributed by atoms with Crippen LogP contribution < -0.4 is 15.6 Å². The number of fused-ring (bicyclic) bond motifs is 1. The van der Waals surface area contributed by atoms with Crippen LogP contribution in [0.2, 0.25) is 0 Å². The number of pyridine rings is 1. The van der Waals surface area contributed by atoms with Crippen molar-refractivity contribution in [2.24, 2.45) is 0 Å². The maximum Gasteiger partial charge on any atom is 0.347 e. The van der Waals surface area contributed by atoms with Crippen molar-refractivity contribution in [3.05, 3.63) is 115 Å². The number of carboxylic acid groups (broad SMARTS) is 1. The Hall–Kier alpha value is -4.04. The molecule has 0 spiro atoms. The van der Waals surface area contributed by atoms with Crippen molar-refractivity contribution >= 4 is 39.5 Å². The molecule has 12 heteroatoms. The standard InChI is InChI=1S/C38H43N3O7S2/c1-41(26-8-12-28(13-9-26)48-38(37(45)46,33-4-2-22-49-33)34-5-3-23-50-34)20-21-47-27-10-6-25(7-11-27)18-19-39-24-32(43)29-14-16-31(42)36-30(29)15-17-35(44)40-36/h2-7,10-11,14-17,22-23,26,28,32,39,42-43H,8-9,12-13,18-21,24H2,1H3,(H,40,44)(H,45,46)/t26?,28?,32-/m0/s1. The van der Waals surface area contributed by atoms with Gasteiger partial charge in [-0.05, 0) is 104 Å². The highest BCUT2D eigenvalue weighted by atomic mass is 32.1. The summed E-state index contributed by atoms with van der Waals surface area (Å²) in [6.45, 7) is 2.34. The van der Waals surface area contributed by atoms with Gasteiger partial charge < -0.3 is 40.0 Å². The monoisotopic (exact) mass is 717 g/mol. The zero-order valence-electron chi connectivity index (χ0n) is 27.9. The van der Waals surface area contributed by atoms with E-state index in [-0.39, 0.29) is 17.4 Å². The third-order valence-corrected chi connectivity index (χ3v) is 11.4. The number of aliphatic carboxylic acids is 1. The second-order valence-corrected chi connectivity index (χ2v) is 14.6. The lowest BCUT2D eigenvalue weighted by molar-refractivity contribution is -0.170. The highest BCUT2D eigenvalue weighted by Gasteiger charge is 2.48. The maximum absolute atomic E-state index is 12.7. The number of likely N-dealkylation sites (N-methyl/N-ethyl adjacent to an activating group) is 1. The minimum absolute atomic E-state index is 0.0307. The van der Waals surface area contributed by atoms with Gasteiger partial charge in [-0.15, -0.1) is 22.7 Å². The summed E-state index contributed by atoms with van der Waals surface area (Å²) in [4.78, 5) is 30.8. The van der Waals surface area contributed by atoms with Crippen molar-refractivity contribution < 1.29 is 29.6 Å². The van der Waals surface area contributed by atoms with Crippen LogP contribution in [0.15, 0.2) is 88.4 Å². The van der Waals surface area contributed by atoms with Gasteiger partial charge in [0.15, 0.2) is 0 Å². The van der Waals surface area contributed by atoms with E-state index in [4.69, 9.17) is 9.47 Å². The Labute approximate surface area is 298 Å². The van der Waals surface area contributed by atoms with Gasteiger partial charge >= 0.3 is 5.97 Å². The number of hydrogen-bond acceptors (Lipinski definition) is 10. The number of nitrogens with one attached hydrogen (secondary N) is 2.